The van der Waals surface area contributed by atoms with Crippen molar-refractivity contribution < 1.29 is 29.3 Å². The Bertz CT molecular complexity index is 1150. The van der Waals surface area contributed by atoms with Crippen LogP contribution in [0.3, 0.4) is 0 Å². The highest BCUT2D eigenvalue weighted by molar-refractivity contribution is 6.03. The molecule has 5 rings (SSSR count). The molecule has 6 nitrogen and oxygen atoms in total. The first kappa shape index (κ1) is 18.2. The van der Waals surface area contributed by atoms with Gasteiger partial charge in [0, 0.05) is 17.5 Å². The molecular formula is C24H18O6. The van der Waals surface area contributed by atoms with Gasteiger partial charge in [0.2, 0.25) is 0 Å². The molecular weight excluding hydrogens is 384 g/mol. The summed E-state index contributed by atoms with van der Waals surface area (Å²) in [6, 6.07) is 17.3. The molecule has 3 aromatic rings. The highest BCUT2D eigenvalue weighted by atomic mass is 16.5. The minimum absolute atomic E-state index is 0.0555. The van der Waals surface area contributed by atoms with Crippen LogP contribution in [0.4, 0.5) is 0 Å². The van der Waals surface area contributed by atoms with Crippen LogP contribution >= 0.6 is 0 Å². The van der Waals surface area contributed by atoms with E-state index in [4.69, 9.17) is 9.47 Å². The van der Waals surface area contributed by atoms with E-state index >= 15 is 0 Å². The Labute approximate surface area is 172 Å². The zero-order valence-electron chi connectivity index (χ0n) is 15.9. The molecule has 2 aliphatic rings. The molecule has 150 valence electrons. The van der Waals surface area contributed by atoms with E-state index in [-0.39, 0.29) is 47.2 Å². The monoisotopic (exact) mass is 402 g/mol. The van der Waals surface area contributed by atoms with Gasteiger partial charge in [-0.1, -0.05) is 42.5 Å². The van der Waals surface area contributed by atoms with Crippen molar-refractivity contribution in [3.05, 3.63) is 82.9 Å². The number of phenols is 2. The number of Topliss-reactive ketones (excluding diaryl/α,β-unsaturated/α-hetero) is 1. The third kappa shape index (κ3) is 2.97. The SMILES string of the molecule is O=C1C[C@@H](c2ccccc2)c2c(cc3c(c2O)C(=O)C[C@H](c2ccc(O)cc2)O3)O1. The van der Waals surface area contributed by atoms with Crippen LogP contribution in [0.15, 0.2) is 60.7 Å². The molecule has 2 N–H and O–H groups in total. The van der Waals surface area contributed by atoms with Crippen LogP contribution in [-0.2, 0) is 4.79 Å². The molecule has 6 heteroatoms. The molecule has 0 unspecified atom stereocenters. The molecule has 2 aliphatic heterocycles. The van der Waals surface area contributed by atoms with Crippen LogP contribution in [0.5, 0.6) is 23.0 Å². The van der Waals surface area contributed by atoms with Crippen molar-refractivity contribution in [2.45, 2.75) is 24.9 Å². The second-order valence-electron chi connectivity index (χ2n) is 7.48. The molecule has 0 fully saturated rings. The van der Waals surface area contributed by atoms with Crippen LogP contribution in [0, 0.1) is 0 Å². The topological polar surface area (TPSA) is 93.1 Å². The van der Waals surface area contributed by atoms with Gasteiger partial charge in [-0.25, -0.2) is 0 Å². The summed E-state index contributed by atoms with van der Waals surface area (Å²) in [5, 5.41) is 20.5. The van der Waals surface area contributed by atoms with Gasteiger partial charge in [0.25, 0.3) is 0 Å². The molecule has 0 radical (unpaired) electrons. The lowest BCUT2D eigenvalue weighted by atomic mass is 9.83. The van der Waals surface area contributed by atoms with E-state index in [0.29, 0.717) is 5.56 Å². The number of aromatic hydroxyl groups is 2. The number of carbonyl (C=O) groups is 2. The number of phenolic OH excluding ortho intramolecular Hbond substituents is 2. The number of benzene rings is 3. The maximum atomic E-state index is 13.0. The summed E-state index contributed by atoms with van der Waals surface area (Å²) in [5.41, 5.74) is 2.13. The van der Waals surface area contributed by atoms with E-state index in [1.807, 2.05) is 30.3 Å². The molecule has 0 aromatic heterocycles. The van der Waals surface area contributed by atoms with E-state index in [9.17, 15) is 19.8 Å². The van der Waals surface area contributed by atoms with Crippen molar-refractivity contribution in [1.29, 1.82) is 0 Å². The summed E-state index contributed by atoms with van der Waals surface area (Å²) in [4.78, 5) is 25.2. The minimum Gasteiger partial charge on any atom is -0.508 e. The van der Waals surface area contributed by atoms with Crippen molar-refractivity contribution in [3.63, 3.8) is 0 Å². The fraction of sp³-hybridized carbons (Fsp3) is 0.167. The fourth-order valence-corrected chi connectivity index (χ4v) is 4.16. The number of ketones is 1. The summed E-state index contributed by atoms with van der Waals surface area (Å²) >= 11 is 0. The fourth-order valence-electron chi connectivity index (χ4n) is 4.16. The molecule has 0 aliphatic carbocycles. The molecule has 2 heterocycles. The number of carbonyl (C=O) groups excluding carboxylic acids is 2. The first-order chi connectivity index (χ1) is 14.5. The number of hydrogen-bond donors (Lipinski definition) is 2. The van der Waals surface area contributed by atoms with E-state index in [2.05, 4.69) is 0 Å². The lowest BCUT2D eigenvalue weighted by molar-refractivity contribution is -0.135. The summed E-state index contributed by atoms with van der Waals surface area (Å²) in [6.45, 7) is 0. The number of esters is 1. The second kappa shape index (κ2) is 6.91. The Morgan fingerprint density at radius 3 is 2.30 bits per heavy atom. The van der Waals surface area contributed by atoms with E-state index in [1.54, 1.807) is 12.1 Å². The van der Waals surface area contributed by atoms with Crippen LogP contribution in [-0.4, -0.2) is 22.0 Å². The predicted octanol–water partition coefficient (Wildman–Crippen LogP) is 4.25. The van der Waals surface area contributed by atoms with Gasteiger partial charge in [-0.3, -0.25) is 9.59 Å². The molecule has 0 amide bonds. The van der Waals surface area contributed by atoms with Crippen molar-refractivity contribution in [2.24, 2.45) is 0 Å². The van der Waals surface area contributed by atoms with Crippen molar-refractivity contribution in [3.8, 4) is 23.0 Å². The largest absolute Gasteiger partial charge is 0.508 e. The van der Waals surface area contributed by atoms with Crippen LogP contribution in [0.1, 0.15) is 51.9 Å². The Morgan fingerprint density at radius 2 is 1.57 bits per heavy atom. The third-order valence-electron chi connectivity index (χ3n) is 5.59. The summed E-state index contributed by atoms with van der Waals surface area (Å²) < 4.78 is 11.4. The Morgan fingerprint density at radius 1 is 0.833 bits per heavy atom. The zero-order chi connectivity index (χ0) is 20.8. The maximum absolute atomic E-state index is 13.0. The Balaban J connectivity index is 1.60. The number of hydrogen-bond acceptors (Lipinski definition) is 6. The van der Waals surface area contributed by atoms with Gasteiger partial charge in [-0.05, 0) is 23.3 Å². The zero-order valence-corrected chi connectivity index (χ0v) is 15.9. The molecule has 30 heavy (non-hydrogen) atoms. The quantitative estimate of drug-likeness (QED) is 0.492. The van der Waals surface area contributed by atoms with E-state index in [0.717, 1.165) is 11.1 Å². The molecule has 0 bridgehead atoms. The number of ether oxygens (including phenoxy) is 2. The van der Waals surface area contributed by atoms with E-state index in [1.165, 1.54) is 18.2 Å². The first-order valence-corrected chi connectivity index (χ1v) is 9.65. The van der Waals surface area contributed by atoms with Crippen LogP contribution < -0.4 is 9.47 Å². The van der Waals surface area contributed by atoms with Crippen molar-refractivity contribution in [1.82, 2.24) is 0 Å². The highest BCUT2D eigenvalue weighted by Crippen LogP contribution is 2.51. The number of rotatable bonds is 2. The molecule has 3 aromatic carbocycles. The smallest absolute Gasteiger partial charge is 0.312 e. The second-order valence-corrected chi connectivity index (χ2v) is 7.48. The third-order valence-corrected chi connectivity index (χ3v) is 5.59. The van der Waals surface area contributed by atoms with Gasteiger partial charge in [0.15, 0.2) is 5.78 Å². The lowest BCUT2D eigenvalue weighted by Crippen LogP contribution is -2.25. The number of fused-ring (bicyclic) bond motifs is 2. The average molecular weight is 402 g/mol. The first-order valence-electron chi connectivity index (χ1n) is 9.65. The predicted molar refractivity (Wildman–Crippen MR) is 107 cm³/mol. The summed E-state index contributed by atoms with van der Waals surface area (Å²) in [6.07, 6.45) is -0.429. The normalized spacial score (nSPS) is 20.0. The van der Waals surface area contributed by atoms with Crippen molar-refractivity contribution in [2.75, 3.05) is 0 Å². The van der Waals surface area contributed by atoms with Gasteiger partial charge in [0.05, 0.1) is 12.8 Å². The Hall–Kier alpha value is -3.80. The van der Waals surface area contributed by atoms with Crippen molar-refractivity contribution >= 4 is 11.8 Å². The molecule has 0 saturated heterocycles. The summed E-state index contributed by atoms with van der Waals surface area (Å²) in [7, 11) is 0. The Kier molecular flexibility index (Phi) is 4.20. The van der Waals surface area contributed by atoms with Crippen LogP contribution in [0.25, 0.3) is 0 Å². The standard InChI is InChI=1S/C24H18O6/c25-15-8-6-14(7-9-15)18-11-17(26)23-20(29-18)12-19-22(24(23)28)16(10-21(27)30-19)13-4-2-1-3-5-13/h1-9,12,16,18,25,28H,10-11H2/t16-,18+/m0/s1. The maximum Gasteiger partial charge on any atom is 0.312 e. The average Bonchev–Trinajstić information content (AvgIpc) is 2.73. The van der Waals surface area contributed by atoms with E-state index < -0.39 is 18.0 Å². The molecule has 0 spiro atoms. The highest BCUT2D eigenvalue weighted by Gasteiger charge is 2.38. The minimum atomic E-state index is -0.563. The molecule has 2 atom stereocenters. The van der Waals surface area contributed by atoms with Gasteiger partial charge >= 0.3 is 5.97 Å². The van der Waals surface area contributed by atoms with Gasteiger partial charge in [0.1, 0.15) is 34.7 Å². The lowest BCUT2D eigenvalue weighted by Gasteiger charge is -2.31. The van der Waals surface area contributed by atoms with Gasteiger partial charge in [-0.2, -0.15) is 0 Å². The van der Waals surface area contributed by atoms with Crippen LogP contribution in [0.2, 0.25) is 0 Å². The molecule has 0 saturated carbocycles. The van der Waals surface area contributed by atoms with Gasteiger partial charge in [-0.15, -0.1) is 0 Å². The summed E-state index contributed by atoms with van der Waals surface area (Å²) in [5.74, 6) is -0.760. The van der Waals surface area contributed by atoms with Gasteiger partial charge < -0.3 is 19.7 Å².